The lowest BCUT2D eigenvalue weighted by Crippen LogP contribution is -2.38. The summed E-state index contributed by atoms with van der Waals surface area (Å²) in [5, 5.41) is 16.4. The minimum atomic E-state index is -0.482. The molecular weight excluding hydrogens is 312 g/mol. The van der Waals surface area contributed by atoms with E-state index in [1.165, 1.54) is 0 Å². The number of amides is 2. The Hall–Kier alpha value is -2.53. The fourth-order valence-corrected chi connectivity index (χ4v) is 2.49. The SMILES string of the molecule is Cc1cccc(C)c1NC(=O)NC(=N)Nc1c(C)cccc1Cl. The summed E-state index contributed by atoms with van der Waals surface area (Å²) < 4.78 is 0. The lowest BCUT2D eigenvalue weighted by atomic mass is 10.1. The van der Waals surface area contributed by atoms with E-state index in [4.69, 9.17) is 17.0 Å². The van der Waals surface area contributed by atoms with Gasteiger partial charge in [-0.05, 0) is 43.5 Å². The van der Waals surface area contributed by atoms with Gasteiger partial charge >= 0.3 is 6.03 Å². The number of para-hydroxylation sites is 2. The summed E-state index contributed by atoms with van der Waals surface area (Å²) in [6.07, 6.45) is 0. The van der Waals surface area contributed by atoms with Crippen molar-refractivity contribution in [2.45, 2.75) is 20.8 Å². The first-order valence-corrected chi connectivity index (χ1v) is 7.51. The quantitative estimate of drug-likeness (QED) is 0.485. The van der Waals surface area contributed by atoms with Crippen molar-refractivity contribution in [1.29, 1.82) is 5.41 Å². The molecule has 0 aliphatic rings. The number of rotatable bonds is 2. The molecule has 6 heteroatoms. The van der Waals surface area contributed by atoms with Gasteiger partial charge in [0.25, 0.3) is 0 Å². The van der Waals surface area contributed by atoms with E-state index < -0.39 is 6.03 Å². The molecule has 2 aromatic carbocycles. The Morgan fingerprint density at radius 1 is 0.913 bits per heavy atom. The van der Waals surface area contributed by atoms with Gasteiger partial charge in [0.1, 0.15) is 0 Å². The van der Waals surface area contributed by atoms with E-state index >= 15 is 0 Å². The number of hydrogen-bond acceptors (Lipinski definition) is 2. The predicted molar refractivity (Wildman–Crippen MR) is 95.6 cm³/mol. The van der Waals surface area contributed by atoms with Crippen LogP contribution in [0.4, 0.5) is 16.2 Å². The van der Waals surface area contributed by atoms with Gasteiger partial charge in [-0.25, -0.2) is 4.79 Å². The summed E-state index contributed by atoms with van der Waals surface area (Å²) in [6.45, 7) is 5.71. The van der Waals surface area contributed by atoms with Gasteiger partial charge in [-0.15, -0.1) is 0 Å². The summed E-state index contributed by atoms with van der Waals surface area (Å²) in [6, 6.07) is 10.7. The van der Waals surface area contributed by atoms with E-state index in [2.05, 4.69) is 16.0 Å². The maximum atomic E-state index is 12.1. The molecule has 0 bridgehead atoms. The molecule has 0 aliphatic heterocycles. The standard InChI is InChI=1S/C17H19ClN4O/c1-10-6-4-7-11(2)14(10)21-17(23)22-16(19)20-15-12(3)8-5-9-13(15)18/h4-9H,1-3H3,(H4,19,20,21,22,23). The Kier molecular flexibility index (Phi) is 5.24. The molecule has 0 aliphatic carbocycles. The number of carbonyl (C=O) groups is 1. The van der Waals surface area contributed by atoms with Gasteiger partial charge in [0, 0.05) is 5.69 Å². The van der Waals surface area contributed by atoms with Crippen molar-refractivity contribution in [3.8, 4) is 0 Å². The first kappa shape index (κ1) is 16.8. The molecule has 23 heavy (non-hydrogen) atoms. The van der Waals surface area contributed by atoms with Crippen LogP contribution in [-0.2, 0) is 0 Å². The summed E-state index contributed by atoms with van der Waals surface area (Å²) in [5.74, 6) is -0.148. The second-order valence-corrected chi connectivity index (χ2v) is 5.68. The minimum Gasteiger partial charge on any atom is -0.325 e. The minimum absolute atomic E-state index is 0.148. The van der Waals surface area contributed by atoms with Crippen molar-refractivity contribution in [2.24, 2.45) is 0 Å². The summed E-state index contributed by atoms with van der Waals surface area (Å²) in [7, 11) is 0. The molecule has 0 spiro atoms. The highest BCUT2D eigenvalue weighted by Crippen LogP contribution is 2.25. The van der Waals surface area contributed by atoms with Crippen molar-refractivity contribution in [3.63, 3.8) is 0 Å². The molecule has 0 saturated carbocycles. The van der Waals surface area contributed by atoms with Gasteiger partial charge < -0.3 is 10.6 Å². The third-order valence-electron chi connectivity index (χ3n) is 3.43. The third kappa shape index (κ3) is 4.23. The summed E-state index contributed by atoms with van der Waals surface area (Å²) in [4.78, 5) is 12.1. The smallest absolute Gasteiger partial charge is 0.325 e. The molecule has 0 fully saturated rings. The van der Waals surface area contributed by atoms with Gasteiger partial charge in [0.05, 0.1) is 10.7 Å². The zero-order valence-electron chi connectivity index (χ0n) is 13.3. The highest BCUT2D eigenvalue weighted by molar-refractivity contribution is 6.34. The van der Waals surface area contributed by atoms with Crippen molar-refractivity contribution < 1.29 is 4.79 Å². The van der Waals surface area contributed by atoms with Crippen molar-refractivity contribution in [1.82, 2.24) is 5.32 Å². The van der Waals surface area contributed by atoms with Crippen LogP contribution in [0.25, 0.3) is 0 Å². The van der Waals surface area contributed by atoms with E-state index in [0.29, 0.717) is 10.7 Å². The van der Waals surface area contributed by atoms with Crippen LogP contribution in [0.3, 0.4) is 0 Å². The molecule has 0 atom stereocenters. The average Bonchev–Trinajstić information content (AvgIpc) is 2.47. The van der Waals surface area contributed by atoms with Gasteiger partial charge in [-0.2, -0.15) is 0 Å². The monoisotopic (exact) mass is 330 g/mol. The number of anilines is 2. The van der Waals surface area contributed by atoms with Crippen LogP contribution in [0.5, 0.6) is 0 Å². The van der Waals surface area contributed by atoms with Crippen LogP contribution < -0.4 is 16.0 Å². The maximum absolute atomic E-state index is 12.1. The molecule has 0 aromatic heterocycles. The van der Waals surface area contributed by atoms with E-state index in [-0.39, 0.29) is 5.96 Å². The Bertz CT molecular complexity index is 654. The van der Waals surface area contributed by atoms with Crippen molar-refractivity contribution >= 4 is 35.0 Å². The van der Waals surface area contributed by atoms with Crippen LogP contribution in [-0.4, -0.2) is 12.0 Å². The van der Waals surface area contributed by atoms with E-state index in [1.807, 2.05) is 51.1 Å². The molecule has 0 unspecified atom stereocenters. The van der Waals surface area contributed by atoms with E-state index in [9.17, 15) is 4.79 Å². The van der Waals surface area contributed by atoms with E-state index in [1.54, 1.807) is 6.07 Å². The number of guanidine groups is 1. The summed E-state index contributed by atoms with van der Waals surface area (Å²) in [5.41, 5.74) is 4.15. The number of urea groups is 1. The number of halogens is 1. The Morgan fingerprint density at radius 3 is 2.00 bits per heavy atom. The van der Waals surface area contributed by atoms with Crippen LogP contribution in [0.2, 0.25) is 5.02 Å². The van der Waals surface area contributed by atoms with Crippen molar-refractivity contribution in [3.05, 3.63) is 58.1 Å². The molecule has 2 aromatic rings. The van der Waals surface area contributed by atoms with Gasteiger partial charge in [-0.1, -0.05) is 41.9 Å². The van der Waals surface area contributed by atoms with Gasteiger partial charge in [0.15, 0.2) is 0 Å². The first-order chi connectivity index (χ1) is 10.9. The fourth-order valence-electron chi connectivity index (χ4n) is 2.22. The molecule has 4 N–H and O–H groups in total. The molecule has 5 nitrogen and oxygen atoms in total. The van der Waals surface area contributed by atoms with Crippen LogP contribution >= 0.6 is 11.6 Å². The van der Waals surface area contributed by atoms with Crippen LogP contribution in [0.15, 0.2) is 36.4 Å². The largest absolute Gasteiger partial charge is 0.326 e. The average molecular weight is 331 g/mol. The molecule has 0 saturated heterocycles. The van der Waals surface area contributed by atoms with Crippen molar-refractivity contribution in [2.75, 3.05) is 10.6 Å². The normalized spacial score (nSPS) is 10.1. The first-order valence-electron chi connectivity index (χ1n) is 7.13. The van der Waals surface area contributed by atoms with Gasteiger partial charge in [-0.3, -0.25) is 10.7 Å². The summed E-state index contributed by atoms with van der Waals surface area (Å²) >= 11 is 6.09. The molecular formula is C17H19ClN4O. The lowest BCUT2D eigenvalue weighted by molar-refractivity contribution is 0.256. The van der Waals surface area contributed by atoms with Crippen LogP contribution in [0, 0.1) is 26.2 Å². The van der Waals surface area contributed by atoms with E-state index in [0.717, 1.165) is 22.4 Å². The number of benzene rings is 2. The lowest BCUT2D eigenvalue weighted by Gasteiger charge is -2.15. The molecule has 0 heterocycles. The molecule has 120 valence electrons. The number of hydrogen-bond donors (Lipinski definition) is 4. The highest BCUT2D eigenvalue weighted by Gasteiger charge is 2.10. The predicted octanol–water partition coefficient (Wildman–Crippen LogP) is 4.43. The number of nitrogens with one attached hydrogen (secondary N) is 4. The van der Waals surface area contributed by atoms with Crippen LogP contribution in [0.1, 0.15) is 16.7 Å². The third-order valence-corrected chi connectivity index (χ3v) is 3.75. The second-order valence-electron chi connectivity index (χ2n) is 5.28. The number of aryl methyl sites for hydroxylation is 3. The Morgan fingerprint density at radius 2 is 1.43 bits per heavy atom. The zero-order chi connectivity index (χ0) is 17.0. The topological polar surface area (TPSA) is 77.0 Å². The zero-order valence-corrected chi connectivity index (χ0v) is 14.0. The maximum Gasteiger partial charge on any atom is 0.326 e. The molecule has 0 radical (unpaired) electrons. The Balaban J connectivity index is 2.02. The number of carbonyl (C=O) groups excluding carboxylic acids is 1. The molecule has 2 rings (SSSR count). The fraction of sp³-hybridized carbons (Fsp3) is 0.176. The highest BCUT2D eigenvalue weighted by atomic mass is 35.5. The van der Waals surface area contributed by atoms with Gasteiger partial charge in [0.2, 0.25) is 5.96 Å². The second kappa shape index (κ2) is 7.15. The Labute approximate surface area is 140 Å². The molecule has 2 amide bonds.